The van der Waals surface area contributed by atoms with Crippen molar-refractivity contribution < 1.29 is 12.8 Å². The summed E-state index contributed by atoms with van der Waals surface area (Å²) in [6.07, 6.45) is 0. The van der Waals surface area contributed by atoms with Crippen molar-refractivity contribution >= 4 is 10.0 Å². The van der Waals surface area contributed by atoms with Crippen LogP contribution in [-0.2, 0) is 29.7 Å². The first-order valence-corrected chi connectivity index (χ1v) is 8.10. The molecule has 0 amide bonds. The minimum absolute atomic E-state index is 0.143. The Morgan fingerprint density at radius 1 is 1.10 bits per heavy atom. The Balaban J connectivity index is 1.77. The molecule has 1 aliphatic heterocycles. The van der Waals surface area contributed by atoms with E-state index in [1.165, 1.54) is 29.3 Å². The van der Waals surface area contributed by atoms with E-state index in [2.05, 4.69) is 10.0 Å². The summed E-state index contributed by atoms with van der Waals surface area (Å²) >= 11 is 0. The molecule has 1 aliphatic rings. The van der Waals surface area contributed by atoms with Crippen molar-refractivity contribution in [1.29, 1.82) is 0 Å². The Bertz CT molecular complexity index is 775. The Morgan fingerprint density at radius 3 is 2.67 bits per heavy atom. The van der Waals surface area contributed by atoms with E-state index in [1.54, 1.807) is 0 Å². The van der Waals surface area contributed by atoms with Gasteiger partial charge in [-0.15, -0.1) is 0 Å². The first-order chi connectivity index (χ1) is 10.1. The lowest BCUT2D eigenvalue weighted by Crippen LogP contribution is -2.24. The van der Waals surface area contributed by atoms with Crippen LogP contribution in [0, 0.1) is 5.82 Å². The van der Waals surface area contributed by atoms with E-state index in [-0.39, 0.29) is 11.4 Å². The van der Waals surface area contributed by atoms with Crippen LogP contribution in [-0.4, -0.2) is 8.42 Å². The van der Waals surface area contributed by atoms with Gasteiger partial charge in [-0.2, -0.15) is 0 Å². The first kappa shape index (κ1) is 14.2. The zero-order chi connectivity index (χ0) is 14.9. The van der Waals surface area contributed by atoms with Crippen molar-refractivity contribution in [3.8, 4) is 0 Å². The highest BCUT2D eigenvalue weighted by molar-refractivity contribution is 7.89. The largest absolute Gasteiger partial charge is 0.309 e. The van der Waals surface area contributed by atoms with Gasteiger partial charge in [0.1, 0.15) is 10.7 Å². The number of benzene rings is 2. The summed E-state index contributed by atoms with van der Waals surface area (Å²) in [5, 5.41) is 3.23. The van der Waals surface area contributed by atoms with Gasteiger partial charge in [0.15, 0.2) is 0 Å². The van der Waals surface area contributed by atoms with Crippen molar-refractivity contribution in [2.45, 2.75) is 24.5 Å². The van der Waals surface area contributed by atoms with Crippen LogP contribution in [0.1, 0.15) is 16.7 Å². The van der Waals surface area contributed by atoms with Crippen LogP contribution in [0.15, 0.2) is 47.4 Å². The number of rotatable bonds is 4. The maximum absolute atomic E-state index is 13.6. The SMILES string of the molecule is O=S(=O)(NCc1ccc2c(c1)CNC2)c1ccccc1F. The van der Waals surface area contributed by atoms with Gasteiger partial charge in [-0.05, 0) is 28.8 Å². The second-order valence-electron chi connectivity index (χ2n) is 4.96. The fraction of sp³-hybridized carbons (Fsp3) is 0.200. The third-order valence-electron chi connectivity index (χ3n) is 3.49. The Morgan fingerprint density at radius 2 is 1.86 bits per heavy atom. The summed E-state index contributed by atoms with van der Waals surface area (Å²) in [4.78, 5) is -0.326. The van der Waals surface area contributed by atoms with Crippen LogP contribution < -0.4 is 10.0 Å². The maximum atomic E-state index is 13.6. The van der Waals surface area contributed by atoms with E-state index in [4.69, 9.17) is 0 Å². The fourth-order valence-electron chi connectivity index (χ4n) is 2.38. The van der Waals surface area contributed by atoms with Gasteiger partial charge < -0.3 is 5.32 Å². The minimum Gasteiger partial charge on any atom is -0.309 e. The Kier molecular flexibility index (Phi) is 3.75. The molecule has 0 fully saturated rings. The van der Waals surface area contributed by atoms with E-state index < -0.39 is 15.8 Å². The number of nitrogens with one attached hydrogen (secondary N) is 2. The number of hydrogen-bond acceptors (Lipinski definition) is 3. The molecule has 0 atom stereocenters. The quantitative estimate of drug-likeness (QED) is 0.907. The molecule has 0 saturated heterocycles. The maximum Gasteiger partial charge on any atom is 0.243 e. The molecule has 0 radical (unpaired) electrons. The number of halogens is 1. The first-order valence-electron chi connectivity index (χ1n) is 6.62. The zero-order valence-corrected chi connectivity index (χ0v) is 12.1. The molecule has 6 heteroatoms. The van der Waals surface area contributed by atoms with Gasteiger partial charge in [-0.1, -0.05) is 30.3 Å². The van der Waals surface area contributed by atoms with Gasteiger partial charge in [0, 0.05) is 19.6 Å². The summed E-state index contributed by atoms with van der Waals surface area (Å²) in [7, 11) is -3.84. The molecule has 4 nitrogen and oxygen atoms in total. The van der Waals surface area contributed by atoms with Crippen LogP contribution in [0.25, 0.3) is 0 Å². The van der Waals surface area contributed by atoms with E-state index >= 15 is 0 Å². The second kappa shape index (κ2) is 5.55. The van der Waals surface area contributed by atoms with Crippen molar-refractivity contribution in [1.82, 2.24) is 10.0 Å². The van der Waals surface area contributed by atoms with Crippen molar-refractivity contribution in [3.05, 3.63) is 65.0 Å². The average molecular weight is 306 g/mol. The second-order valence-corrected chi connectivity index (χ2v) is 6.70. The van der Waals surface area contributed by atoms with Gasteiger partial charge in [0.25, 0.3) is 0 Å². The smallest absolute Gasteiger partial charge is 0.243 e. The highest BCUT2D eigenvalue weighted by atomic mass is 32.2. The van der Waals surface area contributed by atoms with Crippen LogP contribution in [0.4, 0.5) is 4.39 Å². The molecule has 3 rings (SSSR count). The van der Waals surface area contributed by atoms with E-state index in [9.17, 15) is 12.8 Å². The third kappa shape index (κ3) is 2.97. The van der Waals surface area contributed by atoms with Gasteiger partial charge in [0.05, 0.1) is 0 Å². The van der Waals surface area contributed by atoms with Gasteiger partial charge in [-0.25, -0.2) is 17.5 Å². The predicted molar refractivity (Wildman–Crippen MR) is 77.4 cm³/mol. The Labute approximate surface area is 123 Å². The molecule has 2 N–H and O–H groups in total. The molecule has 2 aromatic rings. The third-order valence-corrected chi connectivity index (χ3v) is 4.93. The van der Waals surface area contributed by atoms with E-state index in [0.717, 1.165) is 24.7 Å². The molecule has 0 bridgehead atoms. The molecule has 0 aliphatic carbocycles. The summed E-state index contributed by atoms with van der Waals surface area (Å²) in [5.41, 5.74) is 3.27. The molecule has 0 spiro atoms. The van der Waals surface area contributed by atoms with Crippen molar-refractivity contribution in [2.24, 2.45) is 0 Å². The molecule has 2 aromatic carbocycles. The lowest BCUT2D eigenvalue weighted by molar-refractivity contribution is 0.557. The number of sulfonamides is 1. The van der Waals surface area contributed by atoms with Crippen molar-refractivity contribution in [2.75, 3.05) is 0 Å². The molecule has 0 aromatic heterocycles. The minimum atomic E-state index is -3.84. The van der Waals surface area contributed by atoms with E-state index in [1.807, 2.05) is 18.2 Å². The summed E-state index contributed by atoms with van der Waals surface area (Å²) in [6.45, 7) is 1.78. The van der Waals surface area contributed by atoms with Crippen LogP contribution in [0.2, 0.25) is 0 Å². The summed E-state index contributed by atoms with van der Waals surface area (Å²) in [6, 6.07) is 11.2. The van der Waals surface area contributed by atoms with Gasteiger partial charge >= 0.3 is 0 Å². The normalized spacial score (nSPS) is 14.1. The molecular weight excluding hydrogens is 291 g/mol. The van der Waals surface area contributed by atoms with Gasteiger partial charge in [-0.3, -0.25) is 0 Å². The molecular formula is C15H15FN2O2S. The number of fused-ring (bicyclic) bond motifs is 1. The van der Waals surface area contributed by atoms with E-state index in [0.29, 0.717) is 0 Å². The fourth-order valence-corrected chi connectivity index (χ4v) is 3.47. The predicted octanol–water partition coefficient (Wildman–Crippen LogP) is 1.91. The average Bonchev–Trinajstić information content (AvgIpc) is 2.93. The molecule has 0 saturated carbocycles. The highest BCUT2D eigenvalue weighted by Gasteiger charge is 2.18. The molecule has 21 heavy (non-hydrogen) atoms. The standard InChI is InChI=1S/C15H15FN2O2S/c16-14-3-1-2-4-15(14)21(19,20)18-8-11-5-6-12-9-17-10-13(12)7-11/h1-7,17-18H,8-10H2. The monoisotopic (exact) mass is 306 g/mol. The van der Waals surface area contributed by atoms with Crippen molar-refractivity contribution in [3.63, 3.8) is 0 Å². The van der Waals surface area contributed by atoms with Crippen LogP contribution in [0.5, 0.6) is 0 Å². The van der Waals surface area contributed by atoms with Crippen LogP contribution >= 0.6 is 0 Å². The van der Waals surface area contributed by atoms with Gasteiger partial charge in [0.2, 0.25) is 10.0 Å². The topological polar surface area (TPSA) is 58.2 Å². The number of hydrogen-bond donors (Lipinski definition) is 2. The summed E-state index contributed by atoms with van der Waals surface area (Å²) < 4.78 is 40.2. The molecule has 0 unspecified atom stereocenters. The Hall–Kier alpha value is -1.76. The summed E-state index contributed by atoms with van der Waals surface area (Å²) in [5.74, 6) is -0.747. The zero-order valence-electron chi connectivity index (χ0n) is 11.3. The highest BCUT2D eigenvalue weighted by Crippen LogP contribution is 2.18. The lowest BCUT2D eigenvalue weighted by Gasteiger charge is -2.08. The molecule has 110 valence electrons. The molecule has 1 heterocycles. The van der Waals surface area contributed by atoms with Crippen LogP contribution in [0.3, 0.4) is 0 Å². The lowest BCUT2D eigenvalue weighted by atomic mass is 10.1.